The molecule has 140 valence electrons. The topological polar surface area (TPSA) is 96.9 Å². The number of nitrogens with zero attached hydrogens (tertiary/aromatic N) is 1. The molecule has 0 saturated heterocycles. The highest BCUT2D eigenvalue weighted by atomic mass is 16.6. The summed E-state index contributed by atoms with van der Waals surface area (Å²) in [5, 5.41) is 9.27. The van der Waals surface area contributed by atoms with Crippen LogP contribution in [-0.2, 0) is 14.4 Å². The maximum absolute atomic E-state index is 11.9. The molecule has 0 aliphatic rings. The molecule has 0 aliphatic heterocycles. The third-order valence-electron chi connectivity index (χ3n) is 3.60. The van der Waals surface area contributed by atoms with Crippen LogP contribution in [0.5, 0.6) is 0 Å². The van der Waals surface area contributed by atoms with Gasteiger partial charge < -0.3 is 15.5 Å². The van der Waals surface area contributed by atoms with E-state index in [2.05, 4.69) is 15.8 Å². The molecule has 0 radical (unpaired) electrons. The molecule has 2 N–H and O–H groups in total. The molecular formula is C20H21N3O4. The highest BCUT2D eigenvalue weighted by Gasteiger charge is 2.05. The van der Waals surface area contributed by atoms with Crippen LogP contribution in [0.4, 0.5) is 11.4 Å². The van der Waals surface area contributed by atoms with Crippen molar-refractivity contribution in [1.29, 1.82) is 0 Å². The van der Waals surface area contributed by atoms with Crippen LogP contribution >= 0.6 is 0 Å². The summed E-state index contributed by atoms with van der Waals surface area (Å²) in [5.41, 5.74) is 3.25. The summed E-state index contributed by atoms with van der Waals surface area (Å²) in [5.74, 6) is -0.535. The number of ketones is 1. The number of amides is 2. The average molecular weight is 367 g/mol. The van der Waals surface area contributed by atoms with E-state index in [4.69, 9.17) is 4.84 Å². The van der Waals surface area contributed by atoms with Crippen molar-refractivity contribution in [3.8, 4) is 0 Å². The summed E-state index contributed by atoms with van der Waals surface area (Å²) in [7, 11) is 0. The molecule has 0 fully saturated rings. The van der Waals surface area contributed by atoms with E-state index in [0.29, 0.717) is 22.6 Å². The van der Waals surface area contributed by atoms with Crippen molar-refractivity contribution in [1.82, 2.24) is 0 Å². The lowest BCUT2D eigenvalue weighted by Crippen LogP contribution is -2.17. The summed E-state index contributed by atoms with van der Waals surface area (Å²) in [6.07, 6.45) is 0. The zero-order valence-electron chi connectivity index (χ0n) is 15.4. The smallest absolute Gasteiger partial charge is 0.265 e. The number of Topliss-reactive ketones (excluding diaryl/α,β-unsaturated/α-hetero) is 1. The van der Waals surface area contributed by atoms with Gasteiger partial charge in [-0.05, 0) is 55.8 Å². The number of oxime groups is 1. The minimum atomic E-state index is -0.358. The molecule has 0 bridgehead atoms. The van der Waals surface area contributed by atoms with Crippen molar-refractivity contribution >= 4 is 34.7 Å². The van der Waals surface area contributed by atoms with Crippen LogP contribution in [0.2, 0.25) is 0 Å². The monoisotopic (exact) mass is 367 g/mol. The van der Waals surface area contributed by atoms with E-state index in [0.717, 1.165) is 5.56 Å². The first-order chi connectivity index (χ1) is 12.8. The third-order valence-corrected chi connectivity index (χ3v) is 3.60. The number of carbonyl (C=O) groups excluding carboxylic acids is 3. The molecule has 0 atom stereocenters. The highest BCUT2D eigenvalue weighted by molar-refractivity contribution is 5.99. The van der Waals surface area contributed by atoms with Gasteiger partial charge in [-0.1, -0.05) is 17.3 Å². The van der Waals surface area contributed by atoms with Crippen molar-refractivity contribution in [3.63, 3.8) is 0 Å². The largest absolute Gasteiger partial charge is 0.385 e. The lowest BCUT2D eigenvalue weighted by Gasteiger charge is -2.06. The van der Waals surface area contributed by atoms with Gasteiger partial charge in [0.25, 0.3) is 5.91 Å². The van der Waals surface area contributed by atoms with E-state index in [9.17, 15) is 14.4 Å². The van der Waals surface area contributed by atoms with E-state index in [1.54, 1.807) is 55.5 Å². The normalized spacial score (nSPS) is 10.9. The van der Waals surface area contributed by atoms with E-state index in [1.807, 2.05) is 0 Å². The number of anilines is 2. The Morgan fingerprint density at radius 2 is 1.33 bits per heavy atom. The molecule has 7 nitrogen and oxygen atoms in total. The Balaban J connectivity index is 1.85. The molecule has 2 rings (SSSR count). The summed E-state index contributed by atoms with van der Waals surface area (Å²) in [6, 6.07) is 13.7. The molecule has 2 aromatic carbocycles. The number of carbonyl (C=O) groups is 3. The fraction of sp³-hybridized carbons (Fsp3) is 0.200. The van der Waals surface area contributed by atoms with Gasteiger partial charge in [0.1, 0.15) is 0 Å². The summed E-state index contributed by atoms with van der Waals surface area (Å²) in [4.78, 5) is 39.2. The Bertz CT molecular complexity index is 856. The second-order valence-electron chi connectivity index (χ2n) is 5.89. The molecular weight excluding hydrogens is 346 g/mol. The highest BCUT2D eigenvalue weighted by Crippen LogP contribution is 2.11. The van der Waals surface area contributed by atoms with Gasteiger partial charge in [-0.15, -0.1) is 0 Å². The molecule has 0 spiro atoms. The van der Waals surface area contributed by atoms with Gasteiger partial charge in [-0.25, -0.2) is 0 Å². The van der Waals surface area contributed by atoms with Crippen LogP contribution in [0.15, 0.2) is 53.7 Å². The van der Waals surface area contributed by atoms with Crippen LogP contribution in [0.1, 0.15) is 36.7 Å². The van der Waals surface area contributed by atoms with Gasteiger partial charge in [-0.3, -0.25) is 14.4 Å². The molecule has 2 aromatic rings. The summed E-state index contributed by atoms with van der Waals surface area (Å²) in [6.45, 7) is 4.44. The predicted octanol–water partition coefficient (Wildman–Crippen LogP) is 3.23. The first-order valence-corrected chi connectivity index (χ1v) is 8.30. The second kappa shape index (κ2) is 9.28. The zero-order valence-corrected chi connectivity index (χ0v) is 15.4. The summed E-state index contributed by atoms with van der Waals surface area (Å²) >= 11 is 0. The fourth-order valence-corrected chi connectivity index (χ4v) is 2.22. The van der Waals surface area contributed by atoms with Crippen LogP contribution in [0.3, 0.4) is 0 Å². The Hall–Kier alpha value is -3.48. The zero-order chi connectivity index (χ0) is 19.8. The van der Waals surface area contributed by atoms with Gasteiger partial charge in [0.2, 0.25) is 5.91 Å². The van der Waals surface area contributed by atoms with Crippen molar-refractivity contribution in [2.75, 3.05) is 17.2 Å². The minimum Gasteiger partial charge on any atom is -0.385 e. The van der Waals surface area contributed by atoms with E-state index < -0.39 is 0 Å². The van der Waals surface area contributed by atoms with E-state index in [1.165, 1.54) is 13.8 Å². The fourth-order valence-electron chi connectivity index (χ4n) is 2.22. The van der Waals surface area contributed by atoms with Gasteiger partial charge in [0.05, 0.1) is 5.71 Å². The van der Waals surface area contributed by atoms with E-state index >= 15 is 0 Å². The minimum absolute atomic E-state index is 0.0360. The molecule has 7 heteroatoms. The Kier molecular flexibility index (Phi) is 6.82. The first-order valence-electron chi connectivity index (χ1n) is 8.30. The van der Waals surface area contributed by atoms with Crippen molar-refractivity contribution in [2.45, 2.75) is 20.8 Å². The molecule has 2 amide bonds. The number of nitrogens with one attached hydrogen (secondary N) is 2. The van der Waals surface area contributed by atoms with Crippen molar-refractivity contribution in [3.05, 3.63) is 59.7 Å². The summed E-state index contributed by atoms with van der Waals surface area (Å²) < 4.78 is 0. The molecule has 0 saturated carbocycles. The van der Waals surface area contributed by atoms with Gasteiger partial charge in [0.15, 0.2) is 12.4 Å². The van der Waals surface area contributed by atoms with Gasteiger partial charge in [-0.2, -0.15) is 0 Å². The quantitative estimate of drug-likeness (QED) is 0.446. The Morgan fingerprint density at radius 1 is 0.815 bits per heavy atom. The second-order valence-corrected chi connectivity index (χ2v) is 5.89. The number of rotatable bonds is 7. The maximum Gasteiger partial charge on any atom is 0.265 e. The Labute approximate surface area is 157 Å². The van der Waals surface area contributed by atoms with Crippen molar-refractivity contribution < 1.29 is 19.2 Å². The SMILES string of the molecule is CC(=O)Nc1ccc(/C(C)=N/OCC(=O)Nc2ccc(C(C)=O)cc2)cc1. The standard InChI is InChI=1S/C20H21N3O4/c1-13(16-4-8-18(9-5-16)21-15(3)25)23-27-12-20(26)22-19-10-6-17(7-11-19)14(2)24/h4-11H,12H2,1-3H3,(H,21,25)(H,22,26)/b23-13+. The lowest BCUT2D eigenvalue weighted by atomic mass is 10.1. The van der Waals surface area contributed by atoms with Crippen molar-refractivity contribution in [2.24, 2.45) is 5.16 Å². The third kappa shape index (κ3) is 6.39. The molecule has 0 aromatic heterocycles. The lowest BCUT2D eigenvalue weighted by molar-refractivity contribution is -0.120. The van der Waals surface area contributed by atoms with Crippen LogP contribution in [0.25, 0.3) is 0 Å². The predicted molar refractivity (Wildman–Crippen MR) is 104 cm³/mol. The maximum atomic E-state index is 11.9. The average Bonchev–Trinajstić information content (AvgIpc) is 2.62. The van der Waals surface area contributed by atoms with Crippen LogP contribution in [0, 0.1) is 0 Å². The number of hydrogen-bond donors (Lipinski definition) is 2. The molecule has 27 heavy (non-hydrogen) atoms. The molecule has 0 unspecified atom stereocenters. The number of benzene rings is 2. The molecule has 0 heterocycles. The number of hydrogen-bond acceptors (Lipinski definition) is 5. The van der Waals surface area contributed by atoms with E-state index in [-0.39, 0.29) is 24.2 Å². The molecule has 0 aliphatic carbocycles. The Morgan fingerprint density at radius 3 is 1.85 bits per heavy atom. The van der Waals surface area contributed by atoms with Crippen LogP contribution in [-0.4, -0.2) is 29.9 Å². The van der Waals surface area contributed by atoms with Gasteiger partial charge in [0, 0.05) is 23.9 Å². The van der Waals surface area contributed by atoms with Crippen LogP contribution < -0.4 is 10.6 Å². The van der Waals surface area contributed by atoms with Gasteiger partial charge >= 0.3 is 0 Å². The first kappa shape index (κ1) is 19.8.